The van der Waals surface area contributed by atoms with E-state index in [0.29, 0.717) is 23.6 Å². The van der Waals surface area contributed by atoms with Gasteiger partial charge in [-0.2, -0.15) is 0 Å². The van der Waals surface area contributed by atoms with Gasteiger partial charge < -0.3 is 20.1 Å². The molecule has 1 heterocycles. The molecule has 0 aliphatic carbocycles. The van der Waals surface area contributed by atoms with Crippen molar-refractivity contribution in [2.45, 2.75) is 19.4 Å². The van der Waals surface area contributed by atoms with Crippen molar-refractivity contribution in [1.82, 2.24) is 5.32 Å². The number of hydrogen-bond donors (Lipinski definition) is 2. The average Bonchev–Trinajstić information content (AvgIpc) is 3.07. The fraction of sp³-hybridized carbons (Fsp3) is 0.294. The summed E-state index contributed by atoms with van der Waals surface area (Å²) in [7, 11) is 3.03. The highest BCUT2D eigenvalue weighted by atomic mass is 32.1. The number of benzene rings is 1. The van der Waals surface area contributed by atoms with E-state index in [1.807, 2.05) is 24.4 Å². The number of amides is 2. The van der Waals surface area contributed by atoms with E-state index >= 15 is 0 Å². The van der Waals surface area contributed by atoms with Crippen LogP contribution in [-0.4, -0.2) is 32.1 Å². The van der Waals surface area contributed by atoms with E-state index in [-0.39, 0.29) is 6.04 Å². The molecule has 0 aliphatic rings. The zero-order chi connectivity index (χ0) is 17.5. The molecule has 2 aromatic rings. The van der Waals surface area contributed by atoms with Crippen molar-refractivity contribution in [2.75, 3.05) is 19.5 Å². The third kappa shape index (κ3) is 4.73. The van der Waals surface area contributed by atoms with E-state index in [4.69, 9.17) is 9.47 Å². The molecule has 0 radical (unpaired) electrons. The SMILES string of the molecule is COc1ccc(NC(=O)C(=O)N[C@@H](C)Cc2cccs2)cc1OC. The first-order chi connectivity index (χ1) is 11.5. The molecular weight excluding hydrogens is 328 g/mol. The van der Waals surface area contributed by atoms with Gasteiger partial charge in [-0.15, -0.1) is 11.3 Å². The highest BCUT2D eigenvalue weighted by Gasteiger charge is 2.17. The fourth-order valence-electron chi connectivity index (χ4n) is 2.17. The summed E-state index contributed by atoms with van der Waals surface area (Å²) in [5.74, 6) is -0.375. The summed E-state index contributed by atoms with van der Waals surface area (Å²) in [5, 5.41) is 7.22. The monoisotopic (exact) mass is 348 g/mol. The zero-order valence-corrected chi connectivity index (χ0v) is 14.6. The van der Waals surface area contributed by atoms with Crippen LogP contribution < -0.4 is 20.1 Å². The predicted molar refractivity (Wildman–Crippen MR) is 93.8 cm³/mol. The molecule has 1 aromatic carbocycles. The van der Waals surface area contributed by atoms with Gasteiger partial charge in [-0.1, -0.05) is 6.07 Å². The lowest BCUT2D eigenvalue weighted by molar-refractivity contribution is -0.136. The number of hydrogen-bond acceptors (Lipinski definition) is 5. The van der Waals surface area contributed by atoms with Crippen molar-refractivity contribution in [2.24, 2.45) is 0 Å². The van der Waals surface area contributed by atoms with Crippen LogP contribution in [0.1, 0.15) is 11.8 Å². The Hall–Kier alpha value is -2.54. The van der Waals surface area contributed by atoms with E-state index in [9.17, 15) is 9.59 Å². The summed E-state index contributed by atoms with van der Waals surface area (Å²) >= 11 is 1.62. The molecule has 2 amide bonds. The van der Waals surface area contributed by atoms with Gasteiger partial charge in [0.15, 0.2) is 11.5 Å². The summed E-state index contributed by atoms with van der Waals surface area (Å²) in [6, 6.07) is 8.72. The van der Waals surface area contributed by atoms with E-state index in [2.05, 4.69) is 10.6 Å². The second-order valence-electron chi connectivity index (χ2n) is 5.18. The van der Waals surface area contributed by atoms with Crippen molar-refractivity contribution in [3.8, 4) is 11.5 Å². The summed E-state index contributed by atoms with van der Waals surface area (Å²) in [4.78, 5) is 25.2. The molecule has 24 heavy (non-hydrogen) atoms. The number of methoxy groups -OCH3 is 2. The first-order valence-corrected chi connectivity index (χ1v) is 8.27. The molecule has 0 unspecified atom stereocenters. The molecule has 0 spiro atoms. The largest absolute Gasteiger partial charge is 0.493 e. The molecule has 0 fully saturated rings. The molecule has 0 saturated heterocycles. The molecule has 6 nitrogen and oxygen atoms in total. The van der Waals surface area contributed by atoms with E-state index < -0.39 is 11.8 Å². The molecule has 0 aliphatic heterocycles. The summed E-state index contributed by atoms with van der Waals surface area (Å²) in [6.07, 6.45) is 0.688. The number of ether oxygens (including phenoxy) is 2. The predicted octanol–water partition coefficient (Wildman–Crippen LogP) is 2.45. The van der Waals surface area contributed by atoms with Crippen LogP contribution in [0.2, 0.25) is 0 Å². The van der Waals surface area contributed by atoms with Crippen molar-refractivity contribution < 1.29 is 19.1 Å². The van der Waals surface area contributed by atoms with Gasteiger partial charge in [-0.25, -0.2) is 0 Å². The van der Waals surface area contributed by atoms with Crippen LogP contribution in [0.4, 0.5) is 5.69 Å². The Morgan fingerprint density at radius 1 is 1.12 bits per heavy atom. The summed E-state index contributed by atoms with van der Waals surface area (Å²) < 4.78 is 10.3. The van der Waals surface area contributed by atoms with Crippen LogP contribution in [0, 0.1) is 0 Å². The molecule has 2 N–H and O–H groups in total. The Morgan fingerprint density at radius 3 is 2.50 bits per heavy atom. The molecule has 2 rings (SSSR count). The summed E-state index contributed by atoms with van der Waals surface area (Å²) in [6.45, 7) is 1.86. The van der Waals surface area contributed by atoms with Crippen LogP contribution >= 0.6 is 11.3 Å². The quantitative estimate of drug-likeness (QED) is 0.786. The van der Waals surface area contributed by atoms with E-state index in [1.54, 1.807) is 29.5 Å². The van der Waals surface area contributed by atoms with E-state index in [0.717, 1.165) is 4.88 Å². The van der Waals surface area contributed by atoms with Crippen molar-refractivity contribution in [3.05, 3.63) is 40.6 Å². The molecule has 0 bridgehead atoms. The molecule has 1 atom stereocenters. The first kappa shape index (κ1) is 17.8. The number of anilines is 1. The van der Waals surface area contributed by atoms with Crippen molar-refractivity contribution >= 4 is 28.8 Å². The minimum atomic E-state index is -0.722. The van der Waals surface area contributed by atoms with Crippen LogP contribution in [0.25, 0.3) is 0 Å². The van der Waals surface area contributed by atoms with Gasteiger partial charge in [-0.3, -0.25) is 9.59 Å². The standard InChI is InChI=1S/C17H20N2O4S/c1-11(9-13-5-4-8-24-13)18-16(20)17(21)19-12-6-7-14(22-2)15(10-12)23-3/h4-8,10-11H,9H2,1-3H3,(H,18,20)(H,19,21)/t11-/m0/s1. The maximum atomic E-state index is 12.0. The molecular formula is C17H20N2O4S. The van der Waals surface area contributed by atoms with Gasteiger partial charge >= 0.3 is 11.8 Å². The van der Waals surface area contributed by atoms with Gasteiger partial charge in [0.25, 0.3) is 0 Å². The Labute approximate surface area is 144 Å². The lowest BCUT2D eigenvalue weighted by Crippen LogP contribution is -2.41. The Bertz CT molecular complexity index is 701. The number of carbonyl (C=O) groups excluding carboxylic acids is 2. The maximum absolute atomic E-state index is 12.0. The van der Waals surface area contributed by atoms with Crippen LogP contribution in [0.5, 0.6) is 11.5 Å². The minimum absolute atomic E-state index is 0.132. The van der Waals surface area contributed by atoms with Crippen molar-refractivity contribution in [3.63, 3.8) is 0 Å². The van der Waals surface area contributed by atoms with Gasteiger partial charge in [-0.05, 0) is 30.5 Å². The highest BCUT2D eigenvalue weighted by Crippen LogP contribution is 2.29. The molecule has 1 aromatic heterocycles. The lowest BCUT2D eigenvalue weighted by atomic mass is 10.2. The number of thiophene rings is 1. The number of rotatable bonds is 6. The molecule has 7 heteroatoms. The highest BCUT2D eigenvalue weighted by molar-refractivity contribution is 7.09. The third-order valence-electron chi connectivity index (χ3n) is 3.31. The van der Waals surface area contributed by atoms with Gasteiger partial charge in [0.1, 0.15) is 0 Å². The smallest absolute Gasteiger partial charge is 0.313 e. The van der Waals surface area contributed by atoms with Gasteiger partial charge in [0.05, 0.1) is 14.2 Å². The normalized spacial score (nSPS) is 11.5. The second-order valence-corrected chi connectivity index (χ2v) is 6.21. The second kappa shape index (κ2) is 8.35. The first-order valence-electron chi connectivity index (χ1n) is 7.39. The Morgan fingerprint density at radius 2 is 1.88 bits per heavy atom. The topological polar surface area (TPSA) is 76.7 Å². The molecule has 128 valence electrons. The van der Waals surface area contributed by atoms with Crippen molar-refractivity contribution in [1.29, 1.82) is 0 Å². The van der Waals surface area contributed by atoms with Crippen LogP contribution in [-0.2, 0) is 16.0 Å². The zero-order valence-electron chi connectivity index (χ0n) is 13.8. The Balaban J connectivity index is 1.92. The van der Waals surface area contributed by atoms with Crippen LogP contribution in [0.3, 0.4) is 0 Å². The minimum Gasteiger partial charge on any atom is -0.493 e. The van der Waals surface area contributed by atoms with Gasteiger partial charge in [0, 0.05) is 29.1 Å². The third-order valence-corrected chi connectivity index (χ3v) is 4.21. The average molecular weight is 348 g/mol. The van der Waals surface area contributed by atoms with Crippen LogP contribution in [0.15, 0.2) is 35.7 Å². The number of carbonyl (C=O) groups is 2. The lowest BCUT2D eigenvalue weighted by Gasteiger charge is -2.13. The fourth-order valence-corrected chi connectivity index (χ4v) is 3.01. The maximum Gasteiger partial charge on any atom is 0.313 e. The Kier molecular flexibility index (Phi) is 6.20. The molecule has 0 saturated carbocycles. The van der Waals surface area contributed by atoms with Gasteiger partial charge in [0.2, 0.25) is 0 Å². The van der Waals surface area contributed by atoms with E-state index in [1.165, 1.54) is 14.2 Å². The number of nitrogens with one attached hydrogen (secondary N) is 2. The summed E-state index contributed by atoms with van der Waals surface area (Å²) in [5.41, 5.74) is 0.457.